The molecule has 5 nitrogen and oxygen atoms in total. The van der Waals surface area contributed by atoms with Crippen LogP contribution in [0.15, 0.2) is 83.1 Å². The number of thiophene rings is 1. The Morgan fingerprint density at radius 3 is 2.45 bits per heavy atom. The normalized spacial score (nSPS) is 11.0. The average molecular weight is 426 g/mol. The molecule has 5 aromatic rings. The van der Waals surface area contributed by atoms with Crippen molar-refractivity contribution in [2.45, 2.75) is 0 Å². The molecule has 2 N–H and O–H groups in total. The Balaban J connectivity index is 1.64. The van der Waals surface area contributed by atoms with Crippen LogP contribution in [-0.4, -0.2) is 22.2 Å². The van der Waals surface area contributed by atoms with Crippen LogP contribution in [0.25, 0.3) is 43.7 Å². The maximum atomic E-state index is 12.6. The number of rotatable bonds is 4. The predicted molar refractivity (Wildman–Crippen MR) is 125 cm³/mol. The van der Waals surface area contributed by atoms with Gasteiger partial charge >= 0.3 is 0 Å². The smallest absolute Gasteiger partial charge is 0.260 e. The quantitative estimate of drug-likeness (QED) is 0.387. The summed E-state index contributed by atoms with van der Waals surface area (Å²) >= 11 is 1.38. The largest absolute Gasteiger partial charge is 0.506 e. The number of hydrogen-bond acceptors (Lipinski definition) is 5. The van der Waals surface area contributed by atoms with E-state index >= 15 is 0 Å². The molecule has 0 aliphatic heterocycles. The molecule has 0 atom stereocenters. The maximum absolute atomic E-state index is 12.6. The summed E-state index contributed by atoms with van der Waals surface area (Å²) in [6.45, 7) is 0. The van der Waals surface area contributed by atoms with Crippen LogP contribution in [-0.2, 0) is 0 Å². The predicted octanol–water partition coefficient (Wildman–Crippen LogP) is 5.70. The Labute approximate surface area is 182 Å². The van der Waals surface area contributed by atoms with Gasteiger partial charge in [-0.15, -0.1) is 11.3 Å². The summed E-state index contributed by atoms with van der Waals surface area (Å²) in [6.07, 6.45) is 1.77. The Kier molecular flexibility index (Phi) is 4.76. The standard InChI is InChI=1S/C25H18N2O3S/c1-30-20-10-6-5-9-17(20)19-12-11-16(13-26-19)18-14-31-25-22(18)23(28)21(24(29)27-25)15-7-3-2-4-8-15/h2-14H,1H3,(H2,27,28,29). The Morgan fingerprint density at radius 2 is 1.71 bits per heavy atom. The van der Waals surface area contributed by atoms with Gasteiger partial charge in [-0.05, 0) is 23.8 Å². The molecule has 0 bridgehead atoms. The fourth-order valence-corrected chi connectivity index (χ4v) is 4.70. The highest BCUT2D eigenvalue weighted by atomic mass is 32.1. The van der Waals surface area contributed by atoms with Crippen molar-refractivity contribution in [1.82, 2.24) is 9.97 Å². The van der Waals surface area contributed by atoms with Crippen molar-refractivity contribution in [3.63, 3.8) is 0 Å². The minimum Gasteiger partial charge on any atom is -0.506 e. The highest BCUT2D eigenvalue weighted by Gasteiger charge is 2.19. The number of ether oxygens (including phenoxy) is 1. The molecule has 0 fully saturated rings. The number of aromatic hydroxyl groups is 1. The molecule has 0 aliphatic carbocycles. The monoisotopic (exact) mass is 426 g/mol. The minimum absolute atomic E-state index is 0.0185. The van der Waals surface area contributed by atoms with Crippen molar-refractivity contribution in [2.24, 2.45) is 0 Å². The molecule has 3 heterocycles. The van der Waals surface area contributed by atoms with Crippen LogP contribution in [0.1, 0.15) is 0 Å². The molecule has 3 aromatic heterocycles. The van der Waals surface area contributed by atoms with Gasteiger partial charge in [0.15, 0.2) is 0 Å². The average Bonchev–Trinajstić information content (AvgIpc) is 3.24. The molecule has 0 saturated heterocycles. The van der Waals surface area contributed by atoms with Gasteiger partial charge in [0.05, 0.1) is 23.8 Å². The number of nitrogens with one attached hydrogen (secondary N) is 1. The Bertz CT molecular complexity index is 1440. The zero-order chi connectivity index (χ0) is 21.4. The Morgan fingerprint density at radius 1 is 0.935 bits per heavy atom. The lowest BCUT2D eigenvalue weighted by Gasteiger charge is -2.09. The topological polar surface area (TPSA) is 75.2 Å². The van der Waals surface area contributed by atoms with E-state index < -0.39 is 0 Å². The number of benzene rings is 2. The Hall–Kier alpha value is -3.90. The fraction of sp³-hybridized carbons (Fsp3) is 0.0400. The van der Waals surface area contributed by atoms with Gasteiger partial charge in [-0.25, -0.2) is 0 Å². The molecule has 0 amide bonds. The van der Waals surface area contributed by atoms with Crippen molar-refractivity contribution in [1.29, 1.82) is 0 Å². The zero-order valence-corrected chi connectivity index (χ0v) is 17.4. The van der Waals surface area contributed by atoms with Crippen molar-refractivity contribution < 1.29 is 9.84 Å². The van der Waals surface area contributed by atoms with Crippen LogP contribution >= 0.6 is 11.3 Å². The van der Waals surface area contributed by atoms with Gasteiger partial charge in [-0.2, -0.15) is 0 Å². The third-order valence-electron chi connectivity index (χ3n) is 5.24. The van der Waals surface area contributed by atoms with E-state index in [0.29, 0.717) is 15.8 Å². The summed E-state index contributed by atoms with van der Waals surface area (Å²) in [5.41, 5.74) is 4.01. The molecule has 6 heteroatoms. The molecule has 5 rings (SSSR count). The van der Waals surface area contributed by atoms with Crippen LogP contribution in [0.5, 0.6) is 11.5 Å². The van der Waals surface area contributed by atoms with Crippen molar-refractivity contribution in [3.05, 3.63) is 88.7 Å². The number of H-pyrrole nitrogens is 1. The highest BCUT2D eigenvalue weighted by molar-refractivity contribution is 7.17. The summed E-state index contributed by atoms with van der Waals surface area (Å²) in [5, 5.41) is 13.6. The molecular weight excluding hydrogens is 408 g/mol. The summed E-state index contributed by atoms with van der Waals surface area (Å²) in [4.78, 5) is 20.8. The molecule has 2 aromatic carbocycles. The molecule has 31 heavy (non-hydrogen) atoms. The summed E-state index contributed by atoms with van der Waals surface area (Å²) < 4.78 is 5.44. The summed E-state index contributed by atoms with van der Waals surface area (Å²) in [5.74, 6) is 0.737. The lowest BCUT2D eigenvalue weighted by atomic mass is 10.0. The van der Waals surface area contributed by atoms with Gasteiger partial charge in [0.2, 0.25) is 0 Å². The highest BCUT2D eigenvalue weighted by Crippen LogP contribution is 2.41. The number of fused-ring (bicyclic) bond motifs is 1. The fourth-order valence-electron chi connectivity index (χ4n) is 3.74. The maximum Gasteiger partial charge on any atom is 0.260 e. The van der Waals surface area contributed by atoms with E-state index in [0.717, 1.165) is 28.1 Å². The first-order valence-corrected chi connectivity index (χ1v) is 10.6. The number of nitrogens with zero attached hydrogens (tertiary/aromatic N) is 1. The number of aromatic amines is 1. The molecule has 0 aliphatic rings. The van der Waals surface area contributed by atoms with Crippen LogP contribution in [0.4, 0.5) is 0 Å². The SMILES string of the molecule is COc1ccccc1-c1ccc(-c2csc3[nH]c(=O)c(-c4ccccc4)c(O)c23)cn1. The molecule has 0 spiro atoms. The molecule has 0 unspecified atom stereocenters. The van der Waals surface area contributed by atoms with Crippen LogP contribution in [0.2, 0.25) is 0 Å². The van der Waals surface area contributed by atoms with Crippen molar-refractivity contribution in [3.8, 4) is 45.0 Å². The van der Waals surface area contributed by atoms with E-state index in [1.807, 2.05) is 72.1 Å². The first kappa shape index (κ1) is 19.1. The number of aromatic nitrogens is 2. The number of methoxy groups -OCH3 is 1. The van der Waals surface area contributed by atoms with Crippen LogP contribution in [0.3, 0.4) is 0 Å². The van der Waals surface area contributed by atoms with E-state index in [1.54, 1.807) is 13.3 Å². The summed E-state index contributed by atoms with van der Waals surface area (Å²) in [7, 11) is 1.64. The van der Waals surface area contributed by atoms with Gasteiger partial charge in [0, 0.05) is 28.3 Å². The molecule has 0 radical (unpaired) electrons. The van der Waals surface area contributed by atoms with Crippen LogP contribution in [0, 0.1) is 0 Å². The van der Waals surface area contributed by atoms with E-state index in [1.165, 1.54) is 11.3 Å². The zero-order valence-electron chi connectivity index (χ0n) is 16.6. The van der Waals surface area contributed by atoms with Gasteiger partial charge in [-0.3, -0.25) is 9.78 Å². The second-order valence-corrected chi connectivity index (χ2v) is 7.91. The molecule has 0 saturated carbocycles. The molecular formula is C25H18N2O3S. The number of hydrogen-bond donors (Lipinski definition) is 2. The number of para-hydroxylation sites is 1. The van der Waals surface area contributed by atoms with E-state index in [9.17, 15) is 9.90 Å². The van der Waals surface area contributed by atoms with Crippen LogP contribution < -0.4 is 10.3 Å². The number of pyridine rings is 2. The first-order chi connectivity index (χ1) is 15.2. The van der Waals surface area contributed by atoms with Gasteiger partial charge in [0.1, 0.15) is 16.3 Å². The minimum atomic E-state index is -0.311. The van der Waals surface area contributed by atoms with Crippen molar-refractivity contribution >= 4 is 21.6 Å². The van der Waals surface area contributed by atoms with Gasteiger partial charge < -0.3 is 14.8 Å². The van der Waals surface area contributed by atoms with E-state index in [-0.39, 0.29) is 16.9 Å². The van der Waals surface area contributed by atoms with Gasteiger partial charge in [0.25, 0.3) is 5.56 Å². The lowest BCUT2D eigenvalue weighted by molar-refractivity contribution is 0.416. The second-order valence-electron chi connectivity index (χ2n) is 7.03. The third-order valence-corrected chi connectivity index (χ3v) is 6.13. The second kappa shape index (κ2) is 7.74. The third kappa shape index (κ3) is 3.27. The van der Waals surface area contributed by atoms with Crippen molar-refractivity contribution in [2.75, 3.05) is 7.11 Å². The molecule has 152 valence electrons. The lowest BCUT2D eigenvalue weighted by Crippen LogP contribution is -2.08. The van der Waals surface area contributed by atoms with E-state index in [2.05, 4.69) is 9.97 Å². The van der Waals surface area contributed by atoms with Gasteiger partial charge in [-0.1, -0.05) is 48.5 Å². The summed E-state index contributed by atoms with van der Waals surface area (Å²) in [6, 6.07) is 20.8. The first-order valence-electron chi connectivity index (χ1n) is 9.69. The van der Waals surface area contributed by atoms with E-state index in [4.69, 9.17) is 4.74 Å².